The van der Waals surface area contributed by atoms with Gasteiger partial charge in [-0.3, -0.25) is 4.79 Å². The van der Waals surface area contributed by atoms with Crippen molar-refractivity contribution in [2.45, 2.75) is 32.4 Å². The predicted molar refractivity (Wildman–Crippen MR) is 95.7 cm³/mol. The van der Waals surface area contributed by atoms with Crippen LogP contribution in [0.1, 0.15) is 20.8 Å². The van der Waals surface area contributed by atoms with Crippen LogP contribution >= 0.6 is 0 Å². The predicted octanol–water partition coefficient (Wildman–Crippen LogP) is 0.497. The summed E-state index contributed by atoms with van der Waals surface area (Å²) in [6, 6.07) is 3.54. The number of nitrogens with two attached hydrogens (primary N) is 1. The monoisotopic (exact) mass is 352 g/mol. The number of nitrogen functional groups attached to an aromatic ring is 1. The van der Waals surface area contributed by atoms with E-state index in [1.807, 2.05) is 11.0 Å². The van der Waals surface area contributed by atoms with E-state index in [4.69, 9.17) is 15.2 Å². The summed E-state index contributed by atoms with van der Waals surface area (Å²) in [5.41, 5.74) is 5.37. The molecule has 1 aromatic rings. The maximum Gasteiger partial charge on any atom is 0.239 e. The van der Waals surface area contributed by atoms with Crippen molar-refractivity contribution in [1.29, 1.82) is 0 Å². The Labute approximate surface area is 148 Å². The number of carbonyl (C=O) groups excluding carboxylic acids is 1. The fourth-order valence-electron chi connectivity index (χ4n) is 2.79. The third kappa shape index (κ3) is 5.20. The van der Waals surface area contributed by atoms with Crippen molar-refractivity contribution in [3.8, 4) is 5.88 Å². The molecule has 8 heteroatoms. The fourth-order valence-corrected chi connectivity index (χ4v) is 2.79. The Morgan fingerprint density at radius 1 is 1.44 bits per heavy atom. The van der Waals surface area contributed by atoms with Crippen molar-refractivity contribution >= 4 is 17.4 Å². The van der Waals surface area contributed by atoms with Gasteiger partial charge >= 0.3 is 0 Å². The third-order valence-electron chi connectivity index (χ3n) is 4.01. The van der Waals surface area contributed by atoms with Crippen LogP contribution in [0.2, 0.25) is 0 Å². The molecule has 25 heavy (non-hydrogen) atoms. The van der Waals surface area contributed by atoms with Crippen molar-refractivity contribution < 1.29 is 19.4 Å². The minimum Gasteiger partial charge on any atom is -0.473 e. The SMILES string of the molecule is COC[C@@H]1CN(c2ccc(N)c(OCC(C)(C)O)n2)CCN1C(C)=O. The number of pyridine rings is 1. The first-order chi connectivity index (χ1) is 11.7. The molecule has 0 spiro atoms. The molecule has 8 nitrogen and oxygen atoms in total. The first-order valence-electron chi connectivity index (χ1n) is 8.34. The van der Waals surface area contributed by atoms with E-state index in [0.717, 1.165) is 5.82 Å². The minimum absolute atomic E-state index is 0.0312. The number of methoxy groups -OCH3 is 1. The van der Waals surface area contributed by atoms with Gasteiger partial charge in [-0.2, -0.15) is 4.98 Å². The number of piperazine rings is 1. The average Bonchev–Trinajstić information content (AvgIpc) is 2.53. The molecule has 1 aromatic heterocycles. The van der Waals surface area contributed by atoms with Gasteiger partial charge in [-0.25, -0.2) is 0 Å². The van der Waals surface area contributed by atoms with Crippen LogP contribution in [0.25, 0.3) is 0 Å². The second-order valence-corrected chi connectivity index (χ2v) is 6.93. The van der Waals surface area contributed by atoms with Crippen LogP contribution in [0.4, 0.5) is 11.5 Å². The number of hydrogen-bond acceptors (Lipinski definition) is 7. The van der Waals surface area contributed by atoms with Gasteiger partial charge in [-0.05, 0) is 26.0 Å². The van der Waals surface area contributed by atoms with Crippen LogP contribution in [0, 0.1) is 0 Å². The summed E-state index contributed by atoms with van der Waals surface area (Å²) in [4.78, 5) is 20.2. The fraction of sp³-hybridized carbons (Fsp3) is 0.647. The standard InChI is InChI=1S/C17H28N4O4/c1-12(22)21-8-7-20(9-13(21)10-24-4)15-6-5-14(18)16(19-15)25-11-17(2,3)23/h5-6,13,23H,7-11,18H2,1-4H3/t13-/m0/s1. The van der Waals surface area contributed by atoms with Gasteiger partial charge in [0.15, 0.2) is 0 Å². The lowest BCUT2D eigenvalue weighted by Gasteiger charge is -2.41. The molecule has 0 aliphatic carbocycles. The summed E-state index contributed by atoms with van der Waals surface area (Å²) in [5, 5.41) is 9.81. The van der Waals surface area contributed by atoms with Gasteiger partial charge in [0.2, 0.25) is 11.8 Å². The molecule has 0 unspecified atom stereocenters. The molecular formula is C17H28N4O4. The topological polar surface area (TPSA) is 101 Å². The van der Waals surface area contributed by atoms with Crippen LogP contribution in [-0.4, -0.2) is 72.5 Å². The molecule has 3 N–H and O–H groups in total. The van der Waals surface area contributed by atoms with E-state index < -0.39 is 5.60 Å². The molecule has 1 saturated heterocycles. The van der Waals surface area contributed by atoms with Crippen molar-refractivity contribution in [2.24, 2.45) is 0 Å². The Bertz CT molecular complexity index is 603. The Morgan fingerprint density at radius 3 is 2.76 bits per heavy atom. The number of anilines is 2. The van der Waals surface area contributed by atoms with E-state index >= 15 is 0 Å². The first kappa shape index (κ1) is 19.3. The highest BCUT2D eigenvalue weighted by atomic mass is 16.5. The van der Waals surface area contributed by atoms with Crippen molar-refractivity contribution in [3.63, 3.8) is 0 Å². The zero-order chi connectivity index (χ0) is 18.6. The number of carbonyl (C=O) groups is 1. The number of aromatic nitrogens is 1. The summed E-state index contributed by atoms with van der Waals surface area (Å²) < 4.78 is 10.8. The average molecular weight is 352 g/mol. The lowest BCUT2D eigenvalue weighted by atomic mass is 10.1. The minimum atomic E-state index is -0.971. The van der Waals surface area contributed by atoms with Crippen molar-refractivity contribution in [1.82, 2.24) is 9.88 Å². The van der Waals surface area contributed by atoms with Crippen LogP contribution in [0.15, 0.2) is 12.1 Å². The molecule has 0 saturated carbocycles. The number of amides is 1. The molecule has 140 valence electrons. The van der Waals surface area contributed by atoms with E-state index in [0.29, 0.717) is 37.8 Å². The summed E-state index contributed by atoms with van der Waals surface area (Å²) >= 11 is 0. The lowest BCUT2D eigenvalue weighted by Crippen LogP contribution is -2.56. The van der Waals surface area contributed by atoms with Gasteiger partial charge in [0.05, 0.1) is 23.9 Å². The Morgan fingerprint density at radius 2 is 2.16 bits per heavy atom. The van der Waals surface area contributed by atoms with Crippen LogP contribution < -0.4 is 15.4 Å². The normalized spacial score (nSPS) is 18.4. The molecule has 1 aliphatic heterocycles. The maximum atomic E-state index is 11.8. The van der Waals surface area contributed by atoms with Crippen molar-refractivity contribution in [3.05, 3.63) is 12.1 Å². The summed E-state index contributed by atoms with van der Waals surface area (Å²) in [6.07, 6.45) is 0. The quantitative estimate of drug-likeness (QED) is 0.768. The smallest absolute Gasteiger partial charge is 0.239 e. The largest absolute Gasteiger partial charge is 0.473 e. The number of nitrogens with zero attached hydrogens (tertiary/aromatic N) is 3. The zero-order valence-corrected chi connectivity index (χ0v) is 15.4. The van der Waals surface area contributed by atoms with E-state index in [9.17, 15) is 9.90 Å². The molecule has 2 heterocycles. The Hall–Kier alpha value is -2.06. The number of rotatable bonds is 6. The van der Waals surface area contributed by atoms with Gasteiger partial charge in [0.25, 0.3) is 0 Å². The summed E-state index contributed by atoms with van der Waals surface area (Å²) in [6.45, 7) is 7.34. The molecule has 0 bridgehead atoms. The number of aliphatic hydroxyl groups is 1. The molecule has 1 fully saturated rings. The highest BCUT2D eigenvalue weighted by Gasteiger charge is 2.29. The molecule has 2 rings (SSSR count). The van der Waals surface area contributed by atoms with E-state index in [1.165, 1.54) is 0 Å². The summed E-state index contributed by atoms with van der Waals surface area (Å²) in [7, 11) is 1.63. The third-order valence-corrected chi connectivity index (χ3v) is 4.01. The van der Waals surface area contributed by atoms with Crippen LogP contribution in [0.3, 0.4) is 0 Å². The highest BCUT2D eigenvalue weighted by Crippen LogP contribution is 2.25. The van der Waals surface area contributed by atoms with Gasteiger partial charge in [0, 0.05) is 33.7 Å². The van der Waals surface area contributed by atoms with Crippen LogP contribution in [-0.2, 0) is 9.53 Å². The van der Waals surface area contributed by atoms with Gasteiger partial charge < -0.3 is 30.1 Å². The lowest BCUT2D eigenvalue weighted by molar-refractivity contribution is -0.132. The van der Waals surface area contributed by atoms with E-state index in [1.54, 1.807) is 33.9 Å². The molecular weight excluding hydrogens is 324 g/mol. The van der Waals surface area contributed by atoms with Gasteiger partial charge in [0.1, 0.15) is 12.4 Å². The van der Waals surface area contributed by atoms with Crippen LogP contribution in [0.5, 0.6) is 5.88 Å². The second-order valence-electron chi connectivity index (χ2n) is 6.93. The molecule has 1 amide bonds. The van der Waals surface area contributed by atoms with Crippen molar-refractivity contribution in [2.75, 3.05) is 50.6 Å². The maximum absolute atomic E-state index is 11.8. The second kappa shape index (κ2) is 7.88. The Balaban J connectivity index is 2.14. The molecule has 1 aliphatic rings. The number of hydrogen-bond donors (Lipinski definition) is 2. The zero-order valence-electron chi connectivity index (χ0n) is 15.4. The Kier molecular flexibility index (Phi) is 6.07. The molecule has 0 radical (unpaired) electrons. The first-order valence-corrected chi connectivity index (χ1v) is 8.34. The summed E-state index contributed by atoms with van der Waals surface area (Å²) in [5.74, 6) is 1.07. The van der Waals surface area contributed by atoms with Gasteiger partial charge in [-0.15, -0.1) is 0 Å². The highest BCUT2D eigenvalue weighted by molar-refractivity contribution is 5.74. The molecule has 0 aromatic carbocycles. The van der Waals surface area contributed by atoms with Gasteiger partial charge in [-0.1, -0.05) is 0 Å². The molecule has 1 atom stereocenters. The number of ether oxygens (including phenoxy) is 2. The van der Waals surface area contributed by atoms with E-state index in [-0.39, 0.29) is 18.6 Å². The van der Waals surface area contributed by atoms with E-state index in [2.05, 4.69) is 9.88 Å².